The van der Waals surface area contributed by atoms with Gasteiger partial charge in [-0.25, -0.2) is 0 Å². The van der Waals surface area contributed by atoms with Gasteiger partial charge >= 0.3 is 0 Å². The van der Waals surface area contributed by atoms with E-state index in [4.69, 9.17) is 4.74 Å². The largest absolute Gasteiger partial charge is 0.373 e. The number of allylic oxidation sites excluding steroid dienone is 2. The molecule has 1 heteroatoms. The lowest BCUT2D eigenvalue weighted by atomic mass is 9.68. The monoisotopic (exact) mass is 380 g/mol. The molecule has 0 saturated heterocycles. The van der Waals surface area contributed by atoms with Crippen molar-refractivity contribution in [3.63, 3.8) is 0 Å². The van der Waals surface area contributed by atoms with E-state index in [-0.39, 0.29) is 0 Å². The Labute approximate surface area is 173 Å². The zero-order chi connectivity index (χ0) is 19.6. The fourth-order valence-corrected chi connectivity index (χ4v) is 5.42. The van der Waals surface area contributed by atoms with Crippen molar-refractivity contribution >= 4 is 0 Å². The van der Waals surface area contributed by atoms with E-state index in [0.717, 1.165) is 23.7 Å². The summed E-state index contributed by atoms with van der Waals surface area (Å²) < 4.78 is 5.55. The predicted octanol–water partition coefficient (Wildman–Crippen LogP) is 7.83. The third-order valence-corrected chi connectivity index (χ3v) is 7.16. The zero-order valence-electron chi connectivity index (χ0n) is 18.0. The number of ether oxygens (including phenoxy) is 1. The summed E-state index contributed by atoms with van der Waals surface area (Å²) in [5, 5.41) is 0. The maximum absolute atomic E-state index is 5.55. The quantitative estimate of drug-likeness (QED) is 0.313. The molecule has 0 N–H and O–H groups in total. The molecule has 0 spiro atoms. The van der Waals surface area contributed by atoms with Gasteiger partial charge in [-0.05, 0) is 99.0 Å². The summed E-state index contributed by atoms with van der Waals surface area (Å²) in [7, 11) is 0. The van der Waals surface area contributed by atoms with Crippen LogP contribution in [0, 0.1) is 17.8 Å². The fourth-order valence-electron chi connectivity index (χ4n) is 5.42. The van der Waals surface area contributed by atoms with Crippen LogP contribution >= 0.6 is 0 Å². The molecule has 28 heavy (non-hydrogen) atoms. The molecule has 1 aromatic rings. The first kappa shape index (κ1) is 21.4. The van der Waals surface area contributed by atoms with Crippen LogP contribution in [-0.4, -0.2) is 6.61 Å². The minimum absolute atomic E-state index is 0.628. The summed E-state index contributed by atoms with van der Waals surface area (Å²) in [6.07, 6.45) is 20.6. The van der Waals surface area contributed by atoms with E-state index in [2.05, 4.69) is 49.9 Å². The molecular weight excluding hydrogens is 340 g/mol. The Morgan fingerprint density at radius 2 is 1.54 bits per heavy atom. The molecule has 1 aromatic carbocycles. The average molecular weight is 381 g/mol. The molecule has 0 aliphatic heterocycles. The summed E-state index contributed by atoms with van der Waals surface area (Å²) in [4.78, 5) is 0. The van der Waals surface area contributed by atoms with E-state index in [1.54, 1.807) is 0 Å². The smallest absolute Gasteiger partial charge is 0.0721 e. The number of benzene rings is 1. The Balaban J connectivity index is 1.40. The molecule has 0 bridgehead atoms. The van der Waals surface area contributed by atoms with Crippen LogP contribution in [0.15, 0.2) is 49.1 Å². The van der Waals surface area contributed by atoms with Crippen LogP contribution in [0.1, 0.15) is 88.2 Å². The lowest BCUT2D eigenvalue weighted by Crippen LogP contribution is -2.25. The van der Waals surface area contributed by atoms with Crippen LogP contribution in [0.2, 0.25) is 0 Å². The highest BCUT2D eigenvalue weighted by Crippen LogP contribution is 2.44. The second-order valence-electron chi connectivity index (χ2n) is 9.05. The van der Waals surface area contributed by atoms with Crippen molar-refractivity contribution in [1.82, 2.24) is 0 Å². The predicted molar refractivity (Wildman–Crippen MR) is 120 cm³/mol. The van der Waals surface area contributed by atoms with Gasteiger partial charge in [-0.3, -0.25) is 0 Å². The van der Waals surface area contributed by atoms with Gasteiger partial charge in [0.1, 0.15) is 0 Å². The molecule has 2 fully saturated rings. The van der Waals surface area contributed by atoms with Crippen molar-refractivity contribution in [3.8, 4) is 0 Å². The van der Waals surface area contributed by atoms with Gasteiger partial charge in [-0.2, -0.15) is 0 Å². The van der Waals surface area contributed by atoms with Gasteiger partial charge in [0.05, 0.1) is 13.2 Å². The highest BCUT2D eigenvalue weighted by atomic mass is 16.5. The first-order valence-corrected chi connectivity index (χ1v) is 11.7. The van der Waals surface area contributed by atoms with Crippen LogP contribution in [0.5, 0.6) is 0 Å². The normalized spacial score (nSPS) is 28.5. The average Bonchev–Trinajstić information content (AvgIpc) is 2.75. The van der Waals surface area contributed by atoms with Crippen molar-refractivity contribution in [3.05, 3.63) is 60.2 Å². The summed E-state index contributed by atoms with van der Waals surface area (Å²) in [6, 6.07) is 9.18. The van der Waals surface area contributed by atoms with E-state index in [9.17, 15) is 0 Å². The molecule has 2 saturated carbocycles. The van der Waals surface area contributed by atoms with Gasteiger partial charge in [0, 0.05) is 0 Å². The molecule has 3 rings (SSSR count). The van der Waals surface area contributed by atoms with Crippen LogP contribution in [0.4, 0.5) is 0 Å². The zero-order valence-corrected chi connectivity index (χ0v) is 18.0. The van der Waals surface area contributed by atoms with E-state index in [0.29, 0.717) is 13.2 Å². The minimum atomic E-state index is 0.628. The van der Waals surface area contributed by atoms with E-state index in [1.165, 1.54) is 75.3 Å². The highest BCUT2D eigenvalue weighted by molar-refractivity contribution is 5.25. The highest BCUT2D eigenvalue weighted by Gasteiger charge is 2.30. The number of hydrogen-bond donors (Lipinski definition) is 0. The summed E-state index contributed by atoms with van der Waals surface area (Å²) in [5.41, 5.74) is 2.81. The van der Waals surface area contributed by atoms with E-state index in [1.807, 2.05) is 6.08 Å². The van der Waals surface area contributed by atoms with Crippen molar-refractivity contribution in [2.45, 2.75) is 83.7 Å². The molecule has 0 unspecified atom stereocenters. The van der Waals surface area contributed by atoms with E-state index >= 15 is 0 Å². The number of rotatable bonds is 9. The molecule has 0 atom stereocenters. The second-order valence-corrected chi connectivity index (χ2v) is 9.05. The Kier molecular flexibility index (Phi) is 8.86. The van der Waals surface area contributed by atoms with Gasteiger partial charge in [-0.15, -0.1) is 6.58 Å². The molecule has 154 valence electrons. The maximum atomic E-state index is 5.55. The Morgan fingerprint density at radius 1 is 0.893 bits per heavy atom. The molecule has 0 radical (unpaired) electrons. The summed E-state index contributed by atoms with van der Waals surface area (Å²) in [5.74, 6) is 3.74. The van der Waals surface area contributed by atoms with Gasteiger partial charge in [0.25, 0.3) is 0 Å². The van der Waals surface area contributed by atoms with Crippen molar-refractivity contribution in [2.75, 3.05) is 6.61 Å². The Bertz CT molecular complexity index is 583. The molecule has 1 nitrogen and oxygen atoms in total. The molecule has 2 aliphatic carbocycles. The van der Waals surface area contributed by atoms with Crippen LogP contribution in [0.3, 0.4) is 0 Å². The molecule has 0 amide bonds. The Hall–Kier alpha value is -1.34. The summed E-state index contributed by atoms with van der Waals surface area (Å²) in [6.45, 7) is 7.25. The Morgan fingerprint density at radius 3 is 2.14 bits per heavy atom. The van der Waals surface area contributed by atoms with Crippen molar-refractivity contribution in [1.29, 1.82) is 0 Å². The fraction of sp³-hybridized carbons (Fsp3) is 0.630. The molecular formula is C27H40O. The number of hydrogen-bond acceptors (Lipinski definition) is 1. The van der Waals surface area contributed by atoms with Crippen LogP contribution in [-0.2, 0) is 11.3 Å². The second kappa shape index (κ2) is 11.6. The minimum Gasteiger partial charge on any atom is -0.373 e. The third kappa shape index (κ3) is 6.34. The molecule has 0 heterocycles. The van der Waals surface area contributed by atoms with Gasteiger partial charge < -0.3 is 4.74 Å². The lowest BCUT2D eigenvalue weighted by Gasteiger charge is -2.38. The van der Waals surface area contributed by atoms with Crippen LogP contribution in [0.25, 0.3) is 0 Å². The first-order valence-electron chi connectivity index (χ1n) is 11.7. The van der Waals surface area contributed by atoms with Gasteiger partial charge in [-0.1, -0.05) is 49.4 Å². The van der Waals surface area contributed by atoms with E-state index < -0.39 is 0 Å². The SMILES string of the molecule is C=CCOCc1ccc(C2CCC(C3CCC(C/C=C/CC)CC3)CC2)cc1. The van der Waals surface area contributed by atoms with Gasteiger partial charge in [0.2, 0.25) is 0 Å². The third-order valence-electron chi connectivity index (χ3n) is 7.16. The van der Waals surface area contributed by atoms with Gasteiger partial charge in [0.15, 0.2) is 0 Å². The van der Waals surface area contributed by atoms with Crippen LogP contribution < -0.4 is 0 Å². The van der Waals surface area contributed by atoms with Crippen molar-refractivity contribution < 1.29 is 4.74 Å². The summed E-state index contributed by atoms with van der Waals surface area (Å²) >= 11 is 0. The lowest BCUT2D eigenvalue weighted by molar-refractivity contribution is 0.149. The maximum Gasteiger partial charge on any atom is 0.0721 e. The topological polar surface area (TPSA) is 9.23 Å². The standard InChI is InChI=1S/C27H40O/c1-3-5-6-7-22-8-12-24(13-9-22)26-16-18-27(19-17-26)25-14-10-23(11-15-25)21-28-20-4-2/h4-6,10-11,14-15,22,24,26-27H,2-3,7-9,12-13,16-21H2,1H3/b6-5+. The first-order chi connectivity index (χ1) is 13.8. The molecule has 0 aromatic heterocycles. The molecule has 2 aliphatic rings. The van der Waals surface area contributed by atoms with Crippen molar-refractivity contribution in [2.24, 2.45) is 17.8 Å².